The van der Waals surface area contributed by atoms with Gasteiger partial charge in [-0.25, -0.2) is 14.6 Å². The van der Waals surface area contributed by atoms with Crippen LogP contribution in [-0.4, -0.2) is 25.8 Å². The third-order valence-electron chi connectivity index (χ3n) is 2.02. The summed E-state index contributed by atoms with van der Waals surface area (Å²) in [7, 11) is 0. The van der Waals surface area contributed by atoms with Gasteiger partial charge in [-0.1, -0.05) is 12.2 Å². The van der Waals surface area contributed by atoms with Gasteiger partial charge in [0.2, 0.25) is 0 Å². The molecule has 82 valence electrons. The molecule has 2 N–H and O–H groups in total. The molecule has 0 saturated heterocycles. The molecule has 2 aromatic heterocycles. The maximum Gasteiger partial charge on any atom is 0.155 e. The first kappa shape index (κ1) is 10.5. The van der Waals surface area contributed by atoms with Crippen molar-refractivity contribution in [2.45, 2.75) is 13.0 Å². The topological polar surface area (TPSA) is 69.6 Å². The molecule has 5 heteroatoms. The van der Waals surface area contributed by atoms with Crippen molar-refractivity contribution in [3.63, 3.8) is 0 Å². The summed E-state index contributed by atoms with van der Waals surface area (Å²) in [5.74, 6) is 0.746. The predicted octanol–water partition coefficient (Wildman–Crippen LogP) is 1.02. The van der Waals surface area contributed by atoms with E-state index in [9.17, 15) is 0 Å². The molecule has 0 aliphatic rings. The molecule has 0 bridgehead atoms. The Bertz CT molecular complexity index is 456. The summed E-state index contributed by atoms with van der Waals surface area (Å²) < 4.78 is 1.61. The van der Waals surface area contributed by atoms with Crippen LogP contribution in [0.1, 0.15) is 12.5 Å². The van der Waals surface area contributed by atoms with Crippen LogP contribution in [0.3, 0.4) is 0 Å². The molecule has 16 heavy (non-hydrogen) atoms. The monoisotopic (exact) mass is 215 g/mol. The average molecular weight is 215 g/mol. The van der Waals surface area contributed by atoms with Gasteiger partial charge in [-0.3, -0.25) is 0 Å². The van der Waals surface area contributed by atoms with Gasteiger partial charge in [0.15, 0.2) is 5.82 Å². The van der Waals surface area contributed by atoms with Crippen molar-refractivity contribution in [3.05, 3.63) is 42.6 Å². The smallest absolute Gasteiger partial charge is 0.155 e. The van der Waals surface area contributed by atoms with Gasteiger partial charge >= 0.3 is 0 Å². The summed E-state index contributed by atoms with van der Waals surface area (Å²) in [5, 5.41) is 4.00. The van der Waals surface area contributed by atoms with E-state index in [1.165, 1.54) is 6.33 Å². The second kappa shape index (κ2) is 4.67. The van der Waals surface area contributed by atoms with Gasteiger partial charge in [0.05, 0.1) is 0 Å². The van der Waals surface area contributed by atoms with Crippen LogP contribution < -0.4 is 5.73 Å². The van der Waals surface area contributed by atoms with E-state index in [0.717, 1.165) is 11.4 Å². The lowest BCUT2D eigenvalue weighted by Gasteiger charge is -2.00. The zero-order chi connectivity index (χ0) is 11.4. The molecule has 0 fully saturated rings. The minimum Gasteiger partial charge on any atom is -0.325 e. The number of nitrogens with two attached hydrogens (primary N) is 1. The summed E-state index contributed by atoms with van der Waals surface area (Å²) in [5.41, 5.74) is 6.63. The van der Waals surface area contributed by atoms with Crippen molar-refractivity contribution in [2.24, 2.45) is 5.73 Å². The number of hydrogen-bond donors (Lipinski definition) is 1. The van der Waals surface area contributed by atoms with Crippen molar-refractivity contribution in [1.82, 2.24) is 19.7 Å². The Morgan fingerprint density at radius 3 is 2.88 bits per heavy atom. The van der Waals surface area contributed by atoms with Crippen LogP contribution in [0.15, 0.2) is 37.1 Å². The second-order valence-electron chi connectivity index (χ2n) is 3.51. The molecule has 0 radical (unpaired) electrons. The van der Waals surface area contributed by atoms with E-state index >= 15 is 0 Å². The third kappa shape index (κ3) is 2.52. The van der Waals surface area contributed by atoms with Crippen LogP contribution in [0.4, 0.5) is 0 Å². The van der Waals surface area contributed by atoms with Gasteiger partial charge in [-0.05, 0) is 24.6 Å². The Labute approximate surface area is 93.6 Å². The molecule has 0 spiro atoms. The molecule has 2 rings (SSSR count). The molecule has 0 aromatic carbocycles. The molecule has 1 unspecified atom stereocenters. The number of pyridine rings is 1. The highest BCUT2D eigenvalue weighted by Crippen LogP contribution is 2.05. The molecule has 1 atom stereocenters. The van der Waals surface area contributed by atoms with Crippen molar-refractivity contribution in [3.8, 4) is 5.82 Å². The van der Waals surface area contributed by atoms with E-state index in [2.05, 4.69) is 15.1 Å². The Morgan fingerprint density at radius 1 is 1.44 bits per heavy atom. The van der Waals surface area contributed by atoms with Gasteiger partial charge in [-0.15, -0.1) is 0 Å². The van der Waals surface area contributed by atoms with Gasteiger partial charge < -0.3 is 5.73 Å². The molecule has 5 nitrogen and oxygen atoms in total. The first-order chi connectivity index (χ1) is 7.75. The molecular formula is C11H13N5. The van der Waals surface area contributed by atoms with Crippen LogP contribution >= 0.6 is 0 Å². The van der Waals surface area contributed by atoms with Gasteiger partial charge in [0.1, 0.15) is 12.7 Å². The summed E-state index contributed by atoms with van der Waals surface area (Å²) in [6, 6.07) is 3.90. The summed E-state index contributed by atoms with van der Waals surface area (Å²) in [6.45, 7) is 1.92. The molecular weight excluding hydrogens is 202 g/mol. The second-order valence-corrected chi connectivity index (χ2v) is 3.51. The zero-order valence-electron chi connectivity index (χ0n) is 8.99. The minimum absolute atomic E-state index is 0.0509. The fraction of sp³-hybridized carbons (Fsp3) is 0.182. The van der Waals surface area contributed by atoms with Crippen LogP contribution in [0, 0.1) is 0 Å². The lowest BCUT2D eigenvalue weighted by atomic mass is 10.2. The normalized spacial score (nSPS) is 13.1. The average Bonchev–Trinajstić information content (AvgIpc) is 2.80. The van der Waals surface area contributed by atoms with E-state index in [1.807, 2.05) is 31.2 Å². The van der Waals surface area contributed by atoms with E-state index < -0.39 is 0 Å². The minimum atomic E-state index is 0.0509. The lowest BCUT2D eigenvalue weighted by molar-refractivity contribution is 0.845. The fourth-order valence-corrected chi connectivity index (χ4v) is 1.22. The maximum absolute atomic E-state index is 5.62. The van der Waals surface area contributed by atoms with Crippen molar-refractivity contribution < 1.29 is 0 Å². The highest BCUT2D eigenvalue weighted by atomic mass is 15.3. The third-order valence-corrected chi connectivity index (χ3v) is 2.02. The molecule has 0 aliphatic heterocycles. The van der Waals surface area contributed by atoms with Gasteiger partial charge in [0.25, 0.3) is 0 Å². The van der Waals surface area contributed by atoms with Crippen LogP contribution in [0.25, 0.3) is 11.9 Å². The summed E-state index contributed by atoms with van der Waals surface area (Å²) in [4.78, 5) is 8.13. The number of hydrogen-bond acceptors (Lipinski definition) is 4. The number of aromatic nitrogens is 4. The maximum atomic E-state index is 5.62. The largest absolute Gasteiger partial charge is 0.325 e. The Morgan fingerprint density at radius 2 is 2.31 bits per heavy atom. The standard InChI is InChI=1S/C11H13N5/c1-9(12)2-3-10-4-5-11(14-6-10)16-8-13-7-15-16/h2-9H,12H2,1H3/b3-2+. The Hall–Kier alpha value is -2.01. The van der Waals surface area contributed by atoms with Gasteiger partial charge in [0, 0.05) is 12.2 Å². The fourth-order valence-electron chi connectivity index (χ4n) is 1.22. The SMILES string of the molecule is CC(N)/C=C/c1ccc(-n2cncn2)nc1. The van der Waals surface area contributed by atoms with E-state index in [-0.39, 0.29) is 6.04 Å². The summed E-state index contributed by atoms with van der Waals surface area (Å²) >= 11 is 0. The van der Waals surface area contributed by atoms with Crippen molar-refractivity contribution in [1.29, 1.82) is 0 Å². The highest BCUT2D eigenvalue weighted by molar-refractivity contribution is 5.49. The highest BCUT2D eigenvalue weighted by Gasteiger charge is 1.97. The number of rotatable bonds is 3. The van der Waals surface area contributed by atoms with Gasteiger partial charge in [-0.2, -0.15) is 5.10 Å². The first-order valence-electron chi connectivity index (χ1n) is 5.00. The zero-order valence-corrected chi connectivity index (χ0v) is 8.99. The van der Waals surface area contributed by atoms with Crippen LogP contribution in [0.2, 0.25) is 0 Å². The predicted molar refractivity (Wildman–Crippen MR) is 61.8 cm³/mol. The van der Waals surface area contributed by atoms with Crippen molar-refractivity contribution in [2.75, 3.05) is 0 Å². The summed E-state index contributed by atoms with van der Waals surface area (Å²) in [6.07, 6.45) is 8.73. The Balaban J connectivity index is 2.17. The van der Waals surface area contributed by atoms with E-state index in [0.29, 0.717) is 0 Å². The van der Waals surface area contributed by atoms with Crippen molar-refractivity contribution >= 4 is 6.08 Å². The Kier molecular flexibility index (Phi) is 3.07. The van der Waals surface area contributed by atoms with E-state index in [1.54, 1.807) is 17.2 Å². The molecule has 0 amide bonds. The quantitative estimate of drug-likeness (QED) is 0.830. The van der Waals surface area contributed by atoms with Crippen LogP contribution in [0.5, 0.6) is 0 Å². The molecule has 2 heterocycles. The molecule has 0 aliphatic carbocycles. The number of nitrogens with zero attached hydrogens (tertiary/aromatic N) is 4. The first-order valence-corrected chi connectivity index (χ1v) is 5.00. The molecule has 0 saturated carbocycles. The van der Waals surface area contributed by atoms with E-state index in [4.69, 9.17) is 5.73 Å². The lowest BCUT2D eigenvalue weighted by Crippen LogP contribution is -2.09. The molecule has 2 aromatic rings. The van der Waals surface area contributed by atoms with Crippen LogP contribution in [-0.2, 0) is 0 Å².